The van der Waals surface area contributed by atoms with Gasteiger partial charge in [0, 0.05) is 12.0 Å². The zero-order chi connectivity index (χ0) is 18.2. The number of benzene rings is 2. The van der Waals surface area contributed by atoms with Crippen LogP contribution in [0.1, 0.15) is 11.1 Å². The molecule has 0 atom stereocenters. The van der Waals surface area contributed by atoms with E-state index >= 15 is 0 Å². The number of hydrogen-bond acceptors (Lipinski definition) is 3. The first-order valence-corrected chi connectivity index (χ1v) is 7.92. The third-order valence-electron chi connectivity index (χ3n) is 3.34. The third-order valence-corrected chi connectivity index (χ3v) is 3.59. The fourth-order valence-corrected chi connectivity index (χ4v) is 2.32. The molecule has 0 aromatic heterocycles. The van der Waals surface area contributed by atoms with Gasteiger partial charge in [0.15, 0.2) is 10.9 Å². The number of hydrogen-bond donors (Lipinski definition) is 2. The standard InChI is InChI=1S/C18H16F2N2O2S/c19-15-7-4-8-16(20)14(15)10-13(23)11-21-18(25)22-17(24)9-12-5-2-1-3-6-12/h1-8H,9-11H2,(H2,21,22,24,25). The summed E-state index contributed by atoms with van der Waals surface area (Å²) in [5.41, 5.74) is 0.544. The summed E-state index contributed by atoms with van der Waals surface area (Å²) in [5.74, 6) is -2.32. The van der Waals surface area contributed by atoms with Crippen LogP contribution in [0.5, 0.6) is 0 Å². The van der Waals surface area contributed by atoms with Gasteiger partial charge in [-0.05, 0) is 29.9 Å². The van der Waals surface area contributed by atoms with Gasteiger partial charge in [0.1, 0.15) is 11.6 Å². The molecule has 2 N–H and O–H groups in total. The quantitative estimate of drug-likeness (QED) is 0.775. The minimum absolute atomic E-state index is 0.0108. The van der Waals surface area contributed by atoms with Crippen molar-refractivity contribution in [2.75, 3.05) is 6.54 Å². The molecule has 0 spiro atoms. The summed E-state index contributed by atoms with van der Waals surface area (Å²) in [5, 5.41) is 5.00. The van der Waals surface area contributed by atoms with Gasteiger partial charge < -0.3 is 10.6 Å². The second kappa shape index (κ2) is 8.98. The van der Waals surface area contributed by atoms with Crippen molar-refractivity contribution in [2.24, 2.45) is 0 Å². The summed E-state index contributed by atoms with van der Waals surface area (Å²) in [6, 6.07) is 12.5. The summed E-state index contributed by atoms with van der Waals surface area (Å²) in [7, 11) is 0. The monoisotopic (exact) mass is 362 g/mol. The zero-order valence-corrected chi connectivity index (χ0v) is 14.0. The van der Waals surface area contributed by atoms with Crippen LogP contribution < -0.4 is 10.6 Å². The molecule has 0 fully saturated rings. The van der Waals surface area contributed by atoms with Crippen molar-refractivity contribution in [1.82, 2.24) is 10.6 Å². The van der Waals surface area contributed by atoms with E-state index in [2.05, 4.69) is 10.6 Å². The first kappa shape index (κ1) is 18.7. The smallest absolute Gasteiger partial charge is 0.230 e. The van der Waals surface area contributed by atoms with E-state index in [9.17, 15) is 18.4 Å². The first-order chi connectivity index (χ1) is 12.0. The maximum Gasteiger partial charge on any atom is 0.230 e. The molecule has 25 heavy (non-hydrogen) atoms. The summed E-state index contributed by atoms with van der Waals surface area (Å²) < 4.78 is 27.0. The van der Waals surface area contributed by atoms with E-state index in [4.69, 9.17) is 12.2 Å². The van der Waals surface area contributed by atoms with E-state index < -0.39 is 23.8 Å². The van der Waals surface area contributed by atoms with Gasteiger partial charge in [0.05, 0.1) is 13.0 Å². The van der Waals surface area contributed by atoms with Gasteiger partial charge in [-0.2, -0.15) is 0 Å². The average Bonchev–Trinajstić information content (AvgIpc) is 2.57. The van der Waals surface area contributed by atoms with Crippen LogP contribution in [-0.2, 0) is 22.4 Å². The third kappa shape index (κ3) is 6.04. The Bertz CT molecular complexity index is 762. The number of halogens is 2. The minimum atomic E-state index is -0.771. The Morgan fingerprint density at radius 1 is 0.920 bits per heavy atom. The van der Waals surface area contributed by atoms with Crippen molar-refractivity contribution in [3.05, 3.63) is 71.3 Å². The van der Waals surface area contributed by atoms with Crippen LogP contribution in [0.3, 0.4) is 0 Å². The average molecular weight is 362 g/mol. The van der Waals surface area contributed by atoms with Crippen molar-refractivity contribution in [3.8, 4) is 0 Å². The molecule has 0 heterocycles. The van der Waals surface area contributed by atoms with Crippen LogP contribution in [0.2, 0.25) is 0 Å². The normalized spacial score (nSPS) is 10.2. The zero-order valence-electron chi connectivity index (χ0n) is 13.2. The predicted octanol–water partition coefficient (Wildman–Crippen LogP) is 2.31. The molecular formula is C18H16F2N2O2S. The van der Waals surface area contributed by atoms with E-state index in [1.807, 2.05) is 30.3 Å². The lowest BCUT2D eigenvalue weighted by molar-refractivity contribution is -0.119. The second-order valence-electron chi connectivity index (χ2n) is 5.31. The van der Waals surface area contributed by atoms with Gasteiger partial charge in [0.2, 0.25) is 5.91 Å². The van der Waals surface area contributed by atoms with Crippen LogP contribution in [0, 0.1) is 11.6 Å². The predicted molar refractivity (Wildman–Crippen MR) is 94.0 cm³/mol. The number of carbonyl (C=O) groups excluding carboxylic acids is 2. The number of thiocarbonyl (C=S) groups is 1. The number of amides is 1. The molecule has 7 heteroatoms. The molecule has 0 aliphatic rings. The molecule has 130 valence electrons. The van der Waals surface area contributed by atoms with E-state index in [1.165, 1.54) is 6.07 Å². The van der Waals surface area contributed by atoms with Crippen molar-refractivity contribution < 1.29 is 18.4 Å². The van der Waals surface area contributed by atoms with Gasteiger partial charge in [-0.3, -0.25) is 9.59 Å². The Kier molecular flexibility index (Phi) is 6.71. The van der Waals surface area contributed by atoms with Crippen molar-refractivity contribution in [1.29, 1.82) is 0 Å². The molecular weight excluding hydrogens is 346 g/mol. The van der Waals surface area contributed by atoms with Crippen molar-refractivity contribution in [3.63, 3.8) is 0 Å². The van der Waals surface area contributed by atoms with Crippen molar-refractivity contribution in [2.45, 2.75) is 12.8 Å². The summed E-state index contributed by atoms with van der Waals surface area (Å²) in [6.45, 7) is -0.238. The van der Waals surface area contributed by atoms with Crippen LogP contribution in [-0.4, -0.2) is 23.3 Å². The van der Waals surface area contributed by atoms with E-state index in [-0.39, 0.29) is 29.5 Å². The highest BCUT2D eigenvalue weighted by Crippen LogP contribution is 2.12. The highest BCUT2D eigenvalue weighted by atomic mass is 32.1. The maximum absolute atomic E-state index is 13.5. The van der Waals surface area contributed by atoms with Gasteiger partial charge in [-0.1, -0.05) is 36.4 Å². The Morgan fingerprint density at radius 3 is 2.20 bits per heavy atom. The molecule has 0 radical (unpaired) electrons. The molecule has 2 aromatic carbocycles. The Morgan fingerprint density at radius 2 is 1.56 bits per heavy atom. The Balaban J connectivity index is 1.77. The van der Waals surface area contributed by atoms with E-state index in [0.717, 1.165) is 17.7 Å². The highest BCUT2D eigenvalue weighted by molar-refractivity contribution is 7.80. The molecule has 0 unspecified atom stereocenters. The van der Waals surface area contributed by atoms with Crippen LogP contribution in [0.4, 0.5) is 8.78 Å². The molecule has 0 aliphatic carbocycles. The van der Waals surface area contributed by atoms with Crippen molar-refractivity contribution >= 4 is 29.0 Å². The Labute approximate surface area is 149 Å². The Hall–Kier alpha value is -2.67. The fraction of sp³-hybridized carbons (Fsp3) is 0.167. The number of carbonyl (C=O) groups is 2. The second-order valence-corrected chi connectivity index (χ2v) is 5.72. The SMILES string of the molecule is O=C(CNC(=S)NC(=O)Cc1ccccc1)Cc1c(F)cccc1F. The number of nitrogens with one attached hydrogen (secondary N) is 2. The van der Waals surface area contributed by atoms with E-state index in [1.54, 1.807) is 0 Å². The number of ketones is 1. The van der Waals surface area contributed by atoms with Crippen LogP contribution >= 0.6 is 12.2 Å². The molecule has 0 bridgehead atoms. The number of rotatable bonds is 6. The fourth-order valence-electron chi connectivity index (χ4n) is 2.14. The largest absolute Gasteiger partial charge is 0.355 e. The molecule has 2 aromatic rings. The van der Waals surface area contributed by atoms with Crippen LogP contribution in [0.25, 0.3) is 0 Å². The van der Waals surface area contributed by atoms with Gasteiger partial charge >= 0.3 is 0 Å². The lowest BCUT2D eigenvalue weighted by atomic mass is 10.1. The van der Waals surface area contributed by atoms with Crippen LogP contribution in [0.15, 0.2) is 48.5 Å². The topological polar surface area (TPSA) is 58.2 Å². The minimum Gasteiger partial charge on any atom is -0.355 e. The molecule has 4 nitrogen and oxygen atoms in total. The summed E-state index contributed by atoms with van der Waals surface area (Å²) in [4.78, 5) is 23.7. The molecule has 0 saturated heterocycles. The highest BCUT2D eigenvalue weighted by Gasteiger charge is 2.13. The lowest BCUT2D eigenvalue weighted by Gasteiger charge is -2.09. The first-order valence-electron chi connectivity index (χ1n) is 7.52. The number of Topliss-reactive ketones (excluding diaryl/α,β-unsaturated/α-hetero) is 1. The van der Waals surface area contributed by atoms with Gasteiger partial charge in [-0.25, -0.2) is 8.78 Å². The summed E-state index contributed by atoms with van der Waals surface area (Å²) in [6.07, 6.45) is -0.247. The molecule has 0 aliphatic heterocycles. The maximum atomic E-state index is 13.5. The van der Waals surface area contributed by atoms with Gasteiger partial charge in [-0.15, -0.1) is 0 Å². The molecule has 0 saturated carbocycles. The molecule has 1 amide bonds. The van der Waals surface area contributed by atoms with Gasteiger partial charge in [0.25, 0.3) is 0 Å². The summed E-state index contributed by atoms with van der Waals surface area (Å²) >= 11 is 4.94. The van der Waals surface area contributed by atoms with E-state index in [0.29, 0.717) is 0 Å². The lowest BCUT2D eigenvalue weighted by Crippen LogP contribution is -2.42. The molecule has 2 rings (SSSR count).